The molecule has 1 N–H and O–H groups in total. The van der Waals surface area contributed by atoms with Crippen molar-refractivity contribution in [3.8, 4) is 11.1 Å². The van der Waals surface area contributed by atoms with Crippen LogP contribution in [0.4, 0.5) is 0 Å². The van der Waals surface area contributed by atoms with Gasteiger partial charge in [0.1, 0.15) is 5.65 Å². The van der Waals surface area contributed by atoms with Gasteiger partial charge in [-0.2, -0.15) is 5.10 Å². The van der Waals surface area contributed by atoms with Gasteiger partial charge in [-0.05, 0) is 57.3 Å². The molecule has 24 heavy (non-hydrogen) atoms. The van der Waals surface area contributed by atoms with Crippen molar-refractivity contribution in [1.82, 2.24) is 24.6 Å². The smallest absolute Gasteiger partial charge is 0.137 e. The van der Waals surface area contributed by atoms with Crippen LogP contribution in [0, 0.1) is 0 Å². The van der Waals surface area contributed by atoms with Gasteiger partial charge in [0.2, 0.25) is 0 Å². The molecule has 126 valence electrons. The Bertz CT molecular complexity index is 836. The highest BCUT2D eigenvalue weighted by atomic mass is 15.2. The molecule has 0 atom stereocenters. The van der Waals surface area contributed by atoms with Crippen molar-refractivity contribution in [2.45, 2.75) is 37.6 Å². The summed E-state index contributed by atoms with van der Waals surface area (Å²) < 4.78 is 1.84. The summed E-state index contributed by atoms with van der Waals surface area (Å²) in [7, 11) is 6.34. The van der Waals surface area contributed by atoms with E-state index in [1.807, 2.05) is 24.1 Å². The lowest BCUT2D eigenvalue weighted by atomic mass is 9.81. The van der Waals surface area contributed by atoms with E-state index in [-0.39, 0.29) is 0 Å². The quantitative estimate of drug-likeness (QED) is 0.802. The minimum absolute atomic E-state index is 0.634. The maximum Gasteiger partial charge on any atom is 0.137 e. The van der Waals surface area contributed by atoms with Gasteiger partial charge in [-0.3, -0.25) is 4.68 Å². The molecule has 0 aliphatic heterocycles. The minimum atomic E-state index is 0.634. The Labute approximate surface area is 142 Å². The van der Waals surface area contributed by atoms with Crippen molar-refractivity contribution in [3.05, 3.63) is 36.4 Å². The molecule has 0 aromatic carbocycles. The van der Waals surface area contributed by atoms with Crippen molar-refractivity contribution in [3.63, 3.8) is 0 Å². The van der Waals surface area contributed by atoms with Crippen molar-refractivity contribution in [1.29, 1.82) is 0 Å². The van der Waals surface area contributed by atoms with Crippen LogP contribution in [0.1, 0.15) is 37.2 Å². The SMILES string of the molecule is Cn1cc(-c2c[nH]c3ncc([C@H]4CC[C@H](N(C)C)CC4)cc23)cn1. The molecule has 5 nitrogen and oxygen atoms in total. The third-order valence-corrected chi connectivity index (χ3v) is 5.47. The van der Waals surface area contributed by atoms with E-state index in [2.05, 4.69) is 52.5 Å². The van der Waals surface area contributed by atoms with E-state index in [1.54, 1.807) is 0 Å². The summed E-state index contributed by atoms with van der Waals surface area (Å²) >= 11 is 0. The highest BCUT2D eigenvalue weighted by molar-refractivity contribution is 5.93. The average molecular weight is 323 g/mol. The van der Waals surface area contributed by atoms with Gasteiger partial charge >= 0.3 is 0 Å². The maximum absolute atomic E-state index is 4.67. The number of hydrogen-bond donors (Lipinski definition) is 1. The molecule has 0 bridgehead atoms. The second-order valence-corrected chi connectivity index (χ2v) is 7.24. The van der Waals surface area contributed by atoms with E-state index in [0.29, 0.717) is 5.92 Å². The van der Waals surface area contributed by atoms with Crippen LogP contribution in [0.3, 0.4) is 0 Å². The first kappa shape index (κ1) is 15.4. The topological polar surface area (TPSA) is 49.7 Å². The number of H-pyrrole nitrogens is 1. The van der Waals surface area contributed by atoms with Gasteiger partial charge in [0, 0.05) is 48.2 Å². The van der Waals surface area contributed by atoms with E-state index in [0.717, 1.165) is 17.3 Å². The number of aryl methyl sites for hydroxylation is 1. The van der Waals surface area contributed by atoms with Gasteiger partial charge in [-0.1, -0.05) is 0 Å². The molecular weight excluding hydrogens is 298 g/mol. The molecule has 1 aliphatic carbocycles. The predicted molar refractivity (Wildman–Crippen MR) is 97.0 cm³/mol. The lowest BCUT2D eigenvalue weighted by Gasteiger charge is -2.32. The second-order valence-electron chi connectivity index (χ2n) is 7.24. The van der Waals surface area contributed by atoms with Crippen LogP contribution in [0.5, 0.6) is 0 Å². The fourth-order valence-electron chi connectivity index (χ4n) is 3.97. The summed E-state index contributed by atoms with van der Waals surface area (Å²) in [5.74, 6) is 0.634. The predicted octanol–water partition coefficient (Wildman–Crippen LogP) is 3.55. The molecule has 4 rings (SSSR count). The number of nitrogens with one attached hydrogen (secondary N) is 1. The lowest BCUT2D eigenvalue weighted by Crippen LogP contribution is -2.31. The zero-order valence-electron chi connectivity index (χ0n) is 14.7. The molecule has 0 unspecified atom stereocenters. The van der Waals surface area contributed by atoms with Crippen molar-refractivity contribution < 1.29 is 0 Å². The number of aromatic nitrogens is 4. The summed E-state index contributed by atoms with van der Waals surface area (Å²) in [6.07, 6.45) is 13.1. The summed E-state index contributed by atoms with van der Waals surface area (Å²) in [5.41, 5.74) is 4.66. The molecule has 3 aromatic rings. The van der Waals surface area contributed by atoms with Gasteiger partial charge in [-0.25, -0.2) is 4.98 Å². The van der Waals surface area contributed by atoms with Crippen LogP contribution < -0.4 is 0 Å². The fraction of sp³-hybridized carbons (Fsp3) is 0.474. The molecule has 1 saturated carbocycles. The first-order chi connectivity index (χ1) is 11.6. The fourth-order valence-corrected chi connectivity index (χ4v) is 3.97. The number of nitrogens with zero attached hydrogens (tertiary/aromatic N) is 4. The number of pyridine rings is 1. The van der Waals surface area contributed by atoms with E-state index < -0.39 is 0 Å². The van der Waals surface area contributed by atoms with Crippen LogP contribution in [-0.2, 0) is 7.05 Å². The highest BCUT2D eigenvalue weighted by Gasteiger charge is 2.24. The van der Waals surface area contributed by atoms with E-state index >= 15 is 0 Å². The molecular formula is C19H25N5. The van der Waals surface area contributed by atoms with Crippen molar-refractivity contribution >= 4 is 11.0 Å². The molecule has 1 aliphatic rings. The first-order valence-corrected chi connectivity index (χ1v) is 8.74. The summed E-state index contributed by atoms with van der Waals surface area (Å²) in [6.45, 7) is 0. The highest BCUT2D eigenvalue weighted by Crippen LogP contribution is 2.36. The summed E-state index contributed by atoms with van der Waals surface area (Å²) in [6, 6.07) is 3.07. The van der Waals surface area contributed by atoms with Crippen LogP contribution >= 0.6 is 0 Å². The van der Waals surface area contributed by atoms with Gasteiger partial charge in [0.25, 0.3) is 0 Å². The second kappa shape index (κ2) is 6.06. The molecule has 1 fully saturated rings. The van der Waals surface area contributed by atoms with E-state index in [1.165, 1.54) is 42.2 Å². The van der Waals surface area contributed by atoms with Crippen molar-refractivity contribution in [2.75, 3.05) is 14.1 Å². The Morgan fingerprint density at radius 1 is 1.17 bits per heavy atom. The van der Waals surface area contributed by atoms with Crippen LogP contribution in [-0.4, -0.2) is 44.8 Å². The van der Waals surface area contributed by atoms with E-state index in [4.69, 9.17) is 0 Å². The minimum Gasteiger partial charge on any atom is -0.346 e. The average Bonchev–Trinajstić information content (AvgIpc) is 3.20. The van der Waals surface area contributed by atoms with Crippen LogP contribution in [0.15, 0.2) is 30.9 Å². The maximum atomic E-state index is 4.67. The van der Waals surface area contributed by atoms with Crippen LogP contribution in [0.2, 0.25) is 0 Å². The van der Waals surface area contributed by atoms with Gasteiger partial charge in [0.15, 0.2) is 0 Å². The Morgan fingerprint density at radius 2 is 1.96 bits per heavy atom. The molecule has 3 aromatic heterocycles. The Hall–Kier alpha value is -2.14. The van der Waals surface area contributed by atoms with E-state index in [9.17, 15) is 0 Å². The molecule has 5 heteroatoms. The number of hydrogen-bond acceptors (Lipinski definition) is 3. The normalized spacial score (nSPS) is 21.7. The molecule has 0 saturated heterocycles. The molecule has 3 heterocycles. The Morgan fingerprint density at radius 3 is 2.62 bits per heavy atom. The number of rotatable bonds is 3. The zero-order valence-corrected chi connectivity index (χ0v) is 14.7. The monoisotopic (exact) mass is 323 g/mol. The third kappa shape index (κ3) is 2.73. The van der Waals surface area contributed by atoms with Crippen molar-refractivity contribution in [2.24, 2.45) is 7.05 Å². The molecule has 0 radical (unpaired) electrons. The van der Waals surface area contributed by atoms with Gasteiger partial charge in [-0.15, -0.1) is 0 Å². The summed E-state index contributed by atoms with van der Waals surface area (Å²) in [4.78, 5) is 10.3. The lowest BCUT2D eigenvalue weighted by molar-refractivity contribution is 0.216. The largest absolute Gasteiger partial charge is 0.346 e. The van der Waals surface area contributed by atoms with Gasteiger partial charge in [0.05, 0.1) is 6.20 Å². The third-order valence-electron chi connectivity index (χ3n) is 5.47. The number of aromatic amines is 1. The Balaban J connectivity index is 1.64. The van der Waals surface area contributed by atoms with Gasteiger partial charge < -0.3 is 9.88 Å². The van der Waals surface area contributed by atoms with Crippen LogP contribution in [0.25, 0.3) is 22.2 Å². The molecule has 0 spiro atoms. The first-order valence-electron chi connectivity index (χ1n) is 8.74. The standard InChI is InChI=1S/C19H25N5/c1-23(2)16-6-4-13(5-7-16)14-8-17-18(11-21-19(17)20-9-14)15-10-22-24(3)12-15/h8-13,16H,4-7H2,1-3H3,(H,20,21)/t13-,16-. The number of fused-ring (bicyclic) bond motifs is 1. The molecule has 0 amide bonds. The summed E-state index contributed by atoms with van der Waals surface area (Å²) in [5, 5.41) is 5.50. The zero-order chi connectivity index (χ0) is 16.7. The Kier molecular flexibility index (Phi) is 3.88.